The molecule has 0 saturated heterocycles. The van der Waals surface area contributed by atoms with Crippen LogP contribution in [0.3, 0.4) is 0 Å². The predicted molar refractivity (Wildman–Crippen MR) is 126 cm³/mol. The summed E-state index contributed by atoms with van der Waals surface area (Å²) in [4.78, 5) is 18.3. The van der Waals surface area contributed by atoms with Crippen molar-refractivity contribution in [1.82, 2.24) is 24.5 Å². The number of ether oxygens (including phenoxy) is 2. The van der Waals surface area contributed by atoms with Gasteiger partial charge in [0.1, 0.15) is 6.33 Å². The number of hydrogen-bond donors (Lipinski definition) is 2. The largest absolute Gasteiger partial charge is 0.454 e. The highest BCUT2D eigenvalue weighted by Crippen LogP contribution is 2.32. The van der Waals surface area contributed by atoms with E-state index < -0.39 is 0 Å². The molecule has 33 heavy (non-hydrogen) atoms. The summed E-state index contributed by atoms with van der Waals surface area (Å²) in [5.41, 5.74) is 4.54. The third-order valence-electron chi connectivity index (χ3n) is 5.25. The maximum atomic E-state index is 5.48. The van der Waals surface area contributed by atoms with Gasteiger partial charge in [0, 0.05) is 30.9 Å². The van der Waals surface area contributed by atoms with E-state index in [1.807, 2.05) is 52.5 Å². The van der Waals surface area contributed by atoms with E-state index in [-0.39, 0.29) is 6.79 Å². The van der Waals surface area contributed by atoms with Crippen LogP contribution in [-0.4, -0.2) is 31.3 Å². The van der Waals surface area contributed by atoms with Gasteiger partial charge in [0.25, 0.3) is 0 Å². The third kappa shape index (κ3) is 3.92. The standard InChI is InChI=1S/C23H19N7O2S/c1-2-16(9-24-6-1)11-25-21-20-22(30(13-27-20)17-5-7-33-12-17)29-23(28-21)26-10-15-3-4-18-19(8-15)32-14-31-18/h1-9,12-13H,10-11,14H2,(H2,25,26,28,29). The highest BCUT2D eigenvalue weighted by atomic mass is 32.1. The van der Waals surface area contributed by atoms with Gasteiger partial charge in [0.2, 0.25) is 12.7 Å². The number of aromatic nitrogens is 5. The van der Waals surface area contributed by atoms with E-state index in [4.69, 9.17) is 19.4 Å². The first-order chi connectivity index (χ1) is 16.3. The minimum Gasteiger partial charge on any atom is -0.454 e. The Bertz CT molecular complexity index is 1400. The van der Waals surface area contributed by atoms with Crippen LogP contribution in [-0.2, 0) is 13.1 Å². The first-order valence-electron chi connectivity index (χ1n) is 10.4. The van der Waals surface area contributed by atoms with E-state index in [0.29, 0.717) is 30.4 Å². The number of nitrogens with zero attached hydrogens (tertiary/aromatic N) is 5. The normalized spacial score (nSPS) is 12.2. The van der Waals surface area contributed by atoms with E-state index in [2.05, 4.69) is 26.0 Å². The van der Waals surface area contributed by atoms with Gasteiger partial charge in [-0.05, 0) is 40.8 Å². The van der Waals surface area contributed by atoms with Crippen molar-refractivity contribution in [3.05, 3.63) is 77.0 Å². The molecule has 0 amide bonds. The van der Waals surface area contributed by atoms with E-state index in [0.717, 1.165) is 34.0 Å². The van der Waals surface area contributed by atoms with E-state index >= 15 is 0 Å². The molecule has 0 atom stereocenters. The van der Waals surface area contributed by atoms with Gasteiger partial charge in [-0.2, -0.15) is 21.3 Å². The van der Waals surface area contributed by atoms with Gasteiger partial charge in [-0.25, -0.2) is 4.98 Å². The highest BCUT2D eigenvalue weighted by molar-refractivity contribution is 7.08. The van der Waals surface area contributed by atoms with Gasteiger partial charge < -0.3 is 20.1 Å². The van der Waals surface area contributed by atoms with E-state index in [9.17, 15) is 0 Å². The molecule has 9 nitrogen and oxygen atoms in total. The molecule has 1 aromatic carbocycles. The SMILES string of the molecule is c1cncc(CNc2nc(NCc3ccc4c(c3)OCO4)nc3c2ncn3-c2ccsc2)c1. The maximum Gasteiger partial charge on any atom is 0.231 e. The smallest absolute Gasteiger partial charge is 0.231 e. The van der Waals surface area contributed by atoms with Crippen LogP contribution in [0.15, 0.2) is 65.9 Å². The van der Waals surface area contributed by atoms with Crippen molar-refractivity contribution >= 4 is 34.3 Å². The Labute approximate surface area is 193 Å². The number of imidazole rings is 1. The molecule has 0 radical (unpaired) electrons. The lowest BCUT2D eigenvalue weighted by Crippen LogP contribution is -2.09. The average Bonchev–Trinajstić information content (AvgIpc) is 3.62. The fraction of sp³-hybridized carbons (Fsp3) is 0.130. The van der Waals surface area contributed by atoms with Crippen LogP contribution in [0.25, 0.3) is 16.9 Å². The number of hydrogen-bond acceptors (Lipinski definition) is 9. The van der Waals surface area contributed by atoms with Crippen molar-refractivity contribution in [2.24, 2.45) is 0 Å². The van der Waals surface area contributed by atoms with Gasteiger partial charge in [0.05, 0.1) is 5.69 Å². The molecule has 0 bridgehead atoms. The second-order valence-electron chi connectivity index (χ2n) is 7.42. The molecule has 0 aliphatic carbocycles. The third-order valence-corrected chi connectivity index (χ3v) is 5.92. The van der Waals surface area contributed by atoms with Crippen molar-refractivity contribution in [1.29, 1.82) is 0 Å². The molecule has 4 aromatic heterocycles. The molecule has 10 heteroatoms. The number of rotatable bonds is 7. The molecule has 6 rings (SSSR count). The second kappa shape index (κ2) is 8.40. The van der Waals surface area contributed by atoms with Crippen LogP contribution < -0.4 is 20.1 Å². The van der Waals surface area contributed by atoms with Gasteiger partial charge in [-0.1, -0.05) is 12.1 Å². The van der Waals surface area contributed by atoms with Gasteiger partial charge >= 0.3 is 0 Å². The zero-order chi connectivity index (χ0) is 22.0. The molecule has 5 heterocycles. The Kier molecular flexibility index (Phi) is 4.96. The second-order valence-corrected chi connectivity index (χ2v) is 8.20. The van der Waals surface area contributed by atoms with E-state index in [1.54, 1.807) is 23.9 Å². The monoisotopic (exact) mass is 457 g/mol. The van der Waals surface area contributed by atoms with Gasteiger partial charge in [0.15, 0.2) is 28.5 Å². The molecule has 1 aliphatic heterocycles. The summed E-state index contributed by atoms with van der Waals surface area (Å²) in [6.07, 6.45) is 5.36. The number of fused-ring (bicyclic) bond motifs is 2. The topological polar surface area (TPSA) is 99.0 Å². The van der Waals surface area contributed by atoms with Crippen LogP contribution in [0.5, 0.6) is 11.5 Å². The minimum atomic E-state index is 0.254. The number of anilines is 2. The van der Waals surface area contributed by atoms with Crippen LogP contribution in [0, 0.1) is 0 Å². The molecule has 5 aromatic rings. The molecule has 2 N–H and O–H groups in total. The number of thiophene rings is 1. The van der Waals surface area contributed by atoms with Crippen LogP contribution in [0.4, 0.5) is 11.8 Å². The number of pyridine rings is 1. The van der Waals surface area contributed by atoms with Crippen LogP contribution in [0.2, 0.25) is 0 Å². The fourth-order valence-electron chi connectivity index (χ4n) is 3.61. The van der Waals surface area contributed by atoms with Crippen LogP contribution in [0.1, 0.15) is 11.1 Å². The summed E-state index contributed by atoms with van der Waals surface area (Å²) < 4.78 is 12.8. The summed E-state index contributed by atoms with van der Waals surface area (Å²) in [5, 5.41) is 10.8. The fourth-order valence-corrected chi connectivity index (χ4v) is 4.23. The molecule has 0 spiro atoms. The van der Waals surface area contributed by atoms with Crippen molar-refractivity contribution in [2.45, 2.75) is 13.1 Å². The molecular weight excluding hydrogens is 438 g/mol. The molecule has 0 unspecified atom stereocenters. The van der Waals surface area contributed by atoms with Crippen molar-refractivity contribution < 1.29 is 9.47 Å². The highest BCUT2D eigenvalue weighted by Gasteiger charge is 2.16. The Morgan fingerprint density at radius 2 is 1.94 bits per heavy atom. The minimum absolute atomic E-state index is 0.254. The lowest BCUT2D eigenvalue weighted by atomic mass is 10.2. The van der Waals surface area contributed by atoms with Crippen molar-refractivity contribution in [3.8, 4) is 17.2 Å². The zero-order valence-electron chi connectivity index (χ0n) is 17.4. The number of benzene rings is 1. The lowest BCUT2D eigenvalue weighted by Gasteiger charge is -2.11. The molecule has 1 aliphatic rings. The van der Waals surface area contributed by atoms with E-state index in [1.165, 1.54) is 0 Å². The first kappa shape index (κ1) is 19.5. The summed E-state index contributed by atoms with van der Waals surface area (Å²) in [6.45, 7) is 1.37. The summed E-state index contributed by atoms with van der Waals surface area (Å²) in [5.74, 6) is 2.68. The lowest BCUT2D eigenvalue weighted by molar-refractivity contribution is 0.174. The Morgan fingerprint density at radius 1 is 1.00 bits per heavy atom. The summed E-state index contributed by atoms with van der Waals surface area (Å²) >= 11 is 1.63. The molecule has 0 saturated carbocycles. The van der Waals surface area contributed by atoms with Crippen molar-refractivity contribution in [3.63, 3.8) is 0 Å². The first-order valence-corrected chi connectivity index (χ1v) is 11.3. The quantitative estimate of drug-likeness (QED) is 0.375. The summed E-state index contributed by atoms with van der Waals surface area (Å²) in [7, 11) is 0. The van der Waals surface area contributed by atoms with Gasteiger partial charge in [-0.3, -0.25) is 9.55 Å². The Hall–Kier alpha value is -4.18. The molecular formula is C23H19N7O2S. The Balaban J connectivity index is 1.32. The van der Waals surface area contributed by atoms with Crippen molar-refractivity contribution in [2.75, 3.05) is 17.4 Å². The van der Waals surface area contributed by atoms with Crippen LogP contribution >= 0.6 is 11.3 Å². The molecule has 164 valence electrons. The summed E-state index contributed by atoms with van der Waals surface area (Å²) in [6, 6.07) is 11.8. The Morgan fingerprint density at radius 3 is 2.82 bits per heavy atom. The molecule has 0 fully saturated rings. The average molecular weight is 458 g/mol. The van der Waals surface area contributed by atoms with Gasteiger partial charge in [-0.15, -0.1) is 0 Å². The zero-order valence-corrected chi connectivity index (χ0v) is 18.2. The maximum absolute atomic E-state index is 5.48. The number of nitrogens with one attached hydrogen (secondary N) is 2. The predicted octanol–water partition coefficient (Wildman–Crippen LogP) is 4.22.